The number of nitrogens with zero attached hydrogens (tertiary/aromatic N) is 3. The quantitative estimate of drug-likeness (QED) is 0.740. The summed E-state index contributed by atoms with van der Waals surface area (Å²) in [4.78, 5) is 32.3. The Kier molecular flexibility index (Phi) is 6.13. The summed E-state index contributed by atoms with van der Waals surface area (Å²) in [7, 11) is 5.23. The van der Waals surface area contributed by atoms with E-state index in [1.54, 1.807) is 31.3 Å². The molecule has 0 spiro atoms. The molecule has 0 N–H and O–H groups in total. The molecule has 31 heavy (non-hydrogen) atoms. The van der Waals surface area contributed by atoms with Crippen molar-refractivity contribution in [1.82, 2.24) is 9.80 Å². The highest BCUT2D eigenvalue weighted by Crippen LogP contribution is 2.37. The van der Waals surface area contributed by atoms with E-state index in [9.17, 15) is 9.59 Å². The molecule has 164 valence electrons. The molecule has 2 atom stereocenters. The second-order valence-electron chi connectivity index (χ2n) is 8.16. The molecule has 0 unspecified atom stereocenters. The summed E-state index contributed by atoms with van der Waals surface area (Å²) in [5, 5.41) is 0. The van der Waals surface area contributed by atoms with Gasteiger partial charge in [-0.25, -0.2) is 0 Å². The van der Waals surface area contributed by atoms with Crippen LogP contribution in [0.3, 0.4) is 0 Å². The van der Waals surface area contributed by atoms with Gasteiger partial charge in [0.2, 0.25) is 11.8 Å². The van der Waals surface area contributed by atoms with Crippen LogP contribution >= 0.6 is 0 Å². The van der Waals surface area contributed by atoms with Gasteiger partial charge in [-0.3, -0.25) is 9.59 Å². The van der Waals surface area contributed by atoms with Crippen molar-refractivity contribution in [3.05, 3.63) is 54.1 Å². The molecule has 2 amide bonds. The van der Waals surface area contributed by atoms with E-state index in [4.69, 9.17) is 9.47 Å². The van der Waals surface area contributed by atoms with Crippen LogP contribution in [0.5, 0.6) is 11.5 Å². The number of carbonyl (C=O) groups excluding carboxylic acids is 2. The van der Waals surface area contributed by atoms with Gasteiger partial charge < -0.3 is 24.2 Å². The number of rotatable bonds is 5. The van der Waals surface area contributed by atoms with E-state index >= 15 is 0 Å². The molecule has 2 fully saturated rings. The molecule has 2 aliphatic heterocycles. The lowest BCUT2D eigenvalue weighted by atomic mass is 9.99. The highest BCUT2D eigenvalue weighted by atomic mass is 16.5. The van der Waals surface area contributed by atoms with Crippen molar-refractivity contribution in [3.8, 4) is 11.5 Å². The van der Waals surface area contributed by atoms with Gasteiger partial charge in [-0.15, -0.1) is 0 Å². The van der Waals surface area contributed by atoms with E-state index in [1.165, 1.54) is 0 Å². The van der Waals surface area contributed by atoms with E-state index in [1.807, 2.05) is 29.2 Å². The average Bonchev–Trinajstić information content (AvgIpc) is 3.20. The smallest absolute Gasteiger partial charge is 0.228 e. The normalized spacial score (nSPS) is 22.0. The first-order chi connectivity index (χ1) is 15.0. The van der Waals surface area contributed by atoms with Crippen LogP contribution in [0, 0.1) is 5.92 Å². The zero-order valence-corrected chi connectivity index (χ0v) is 18.3. The predicted octanol–water partition coefficient (Wildman–Crippen LogP) is 2.57. The minimum absolute atomic E-state index is 0.00729. The summed E-state index contributed by atoms with van der Waals surface area (Å²) in [6.07, 6.45) is 0.210. The number of benzene rings is 2. The average molecular weight is 424 g/mol. The maximum absolute atomic E-state index is 13.5. The summed E-state index contributed by atoms with van der Waals surface area (Å²) < 4.78 is 10.7. The lowest BCUT2D eigenvalue weighted by molar-refractivity contribution is -0.140. The van der Waals surface area contributed by atoms with Crippen LogP contribution < -0.4 is 14.4 Å². The maximum atomic E-state index is 13.5. The number of likely N-dealkylation sites (N-methyl/N-ethyl adjacent to an activating group) is 1. The molecule has 2 aromatic rings. The lowest BCUT2D eigenvalue weighted by Crippen LogP contribution is -2.51. The Morgan fingerprint density at radius 3 is 2.48 bits per heavy atom. The minimum Gasteiger partial charge on any atom is -0.497 e. The van der Waals surface area contributed by atoms with E-state index < -0.39 is 0 Å². The number of hydrogen-bond acceptors (Lipinski definition) is 5. The number of methoxy groups -OCH3 is 2. The van der Waals surface area contributed by atoms with Crippen molar-refractivity contribution >= 4 is 17.5 Å². The number of piperazine rings is 1. The van der Waals surface area contributed by atoms with Crippen LogP contribution in [0.4, 0.5) is 5.69 Å². The maximum Gasteiger partial charge on any atom is 0.228 e. The first-order valence-corrected chi connectivity index (χ1v) is 10.6. The Balaban J connectivity index is 1.55. The Bertz CT molecular complexity index is 949. The van der Waals surface area contributed by atoms with Gasteiger partial charge in [0.25, 0.3) is 0 Å². The van der Waals surface area contributed by atoms with Crippen LogP contribution in [-0.4, -0.2) is 69.1 Å². The first kappa shape index (κ1) is 21.2. The lowest BCUT2D eigenvalue weighted by Gasteiger charge is -2.41. The van der Waals surface area contributed by atoms with Gasteiger partial charge in [0.15, 0.2) is 0 Å². The molecule has 2 aromatic carbocycles. The van der Waals surface area contributed by atoms with E-state index in [-0.39, 0.29) is 30.2 Å². The van der Waals surface area contributed by atoms with Crippen molar-refractivity contribution in [3.63, 3.8) is 0 Å². The molecule has 2 aliphatic rings. The predicted molar refractivity (Wildman–Crippen MR) is 118 cm³/mol. The van der Waals surface area contributed by atoms with E-state index in [0.717, 1.165) is 18.7 Å². The second kappa shape index (κ2) is 8.98. The molecular weight excluding hydrogens is 394 g/mol. The van der Waals surface area contributed by atoms with Gasteiger partial charge in [-0.2, -0.15) is 0 Å². The topological polar surface area (TPSA) is 62.3 Å². The molecule has 4 rings (SSSR count). The monoisotopic (exact) mass is 423 g/mol. The SMILES string of the molecule is COc1ccc(N2C[C@H](C(=O)N3CCN(C)C[C@@H]3c3ccccc3)CC2=O)c(OC)c1. The van der Waals surface area contributed by atoms with Gasteiger partial charge in [0, 0.05) is 38.7 Å². The molecule has 0 aliphatic carbocycles. The van der Waals surface area contributed by atoms with Crippen molar-refractivity contribution in [1.29, 1.82) is 0 Å². The Morgan fingerprint density at radius 2 is 1.77 bits per heavy atom. The van der Waals surface area contributed by atoms with Crippen molar-refractivity contribution in [2.75, 3.05) is 52.3 Å². The Labute approximate surface area is 183 Å². The molecule has 0 bridgehead atoms. The molecule has 0 saturated carbocycles. The van der Waals surface area contributed by atoms with Crippen molar-refractivity contribution in [2.45, 2.75) is 12.5 Å². The van der Waals surface area contributed by atoms with Gasteiger partial charge in [0.1, 0.15) is 11.5 Å². The standard InChI is InChI=1S/C24H29N3O4/c1-25-11-12-26(21(16-25)17-7-5-4-6-8-17)24(29)18-13-23(28)27(15-18)20-10-9-19(30-2)14-22(20)31-3/h4-10,14,18,21H,11-13,15-16H2,1-3H3/t18-,21-/m1/s1. The second-order valence-corrected chi connectivity index (χ2v) is 8.16. The molecule has 2 saturated heterocycles. The number of ether oxygens (including phenoxy) is 2. The summed E-state index contributed by atoms with van der Waals surface area (Å²) in [6, 6.07) is 15.5. The minimum atomic E-state index is -0.367. The van der Waals surface area contributed by atoms with E-state index in [0.29, 0.717) is 30.3 Å². The van der Waals surface area contributed by atoms with Crippen LogP contribution in [0.2, 0.25) is 0 Å². The zero-order chi connectivity index (χ0) is 22.0. The van der Waals surface area contributed by atoms with E-state index in [2.05, 4.69) is 24.1 Å². The molecule has 2 heterocycles. The van der Waals surface area contributed by atoms with Crippen molar-refractivity contribution < 1.29 is 19.1 Å². The molecular formula is C24H29N3O4. The molecule has 0 aromatic heterocycles. The summed E-state index contributed by atoms with van der Waals surface area (Å²) in [5.41, 5.74) is 1.79. The zero-order valence-electron chi connectivity index (χ0n) is 18.3. The largest absolute Gasteiger partial charge is 0.497 e. The Morgan fingerprint density at radius 1 is 1.00 bits per heavy atom. The molecule has 0 radical (unpaired) electrons. The molecule has 7 heteroatoms. The third-order valence-electron chi connectivity index (χ3n) is 6.20. The fourth-order valence-corrected chi connectivity index (χ4v) is 4.49. The fourth-order valence-electron chi connectivity index (χ4n) is 4.49. The number of anilines is 1. The fraction of sp³-hybridized carbons (Fsp3) is 0.417. The highest BCUT2D eigenvalue weighted by Gasteiger charge is 2.41. The first-order valence-electron chi connectivity index (χ1n) is 10.6. The van der Waals surface area contributed by atoms with Gasteiger partial charge in [-0.05, 0) is 24.7 Å². The summed E-state index contributed by atoms with van der Waals surface area (Å²) in [5.74, 6) is 0.831. The van der Waals surface area contributed by atoms with Crippen LogP contribution in [-0.2, 0) is 9.59 Å². The summed E-state index contributed by atoms with van der Waals surface area (Å²) in [6.45, 7) is 2.62. The Hall–Kier alpha value is -3.06. The van der Waals surface area contributed by atoms with Crippen LogP contribution in [0.25, 0.3) is 0 Å². The third kappa shape index (κ3) is 4.23. The molecule has 7 nitrogen and oxygen atoms in total. The van der Waals surface area contributed by atoms with Gasteiger partial charge >= 0.3 is 0 Å². The number of hydrogen-bond donors (Lipinski definition) is 0. The highest BCUT2D eigenvalue weighted by molar-refractivity contribution is 6.01. The number of carbonyl (C=O) groups is 2. The summed E-state index contributed by atoms with van der Waals surface area (Å²) >= 11 is 0. The third-order valence-corrected chi connectivity index (χ3v) is 6.20. The van der Waals surface area contributed by atoms with Crippen LogP contribution in [0.1, 0.15) is 18.0 Å². The van der Waals surface area contributed by atoms with Crippen LogP contribution in [0.15, 0.2) is 48.5 Å². The van der Waals surface area contributed by atoms with Gasteiger partial charge in [-0.1, -0.05) is 30.3 Å². The van der Waals surface area contributed by atoms with Crippen molar-refractivity contribution in [2.24, 2.45) is 5.92 Å². The van der Waals surface area contributed by atoms with Gasteiger partial charge in [0.05, 0.1) is 31.9 Å². The number of amides is 2.